The molecule has 0 saturated carbocycles. The summed E-state index contributed by atoms with van der Waals surface area (Å²) in [6, 6.07) is 9.64. The number of benzene rings is 1. The van der Waals surface area contributed by atoms with Crippen molar-refractivity contribution >= 4 is 24.0 Å². The van der Waals surface area contributed by atoms with E-state index in [9.17, 15) is 4.79 Å². The summed E-state index contributed by atoms with van der Waals surface area (Å²) in [6.45, 7) is 4.34. The molecule has 0 radical (unpaired) electrons. The molecule has 24 heavy (non-hydrogen) atoms. The second kappa shape index (κ2) is 8.85. The Kier molecular flexibility index (Phi) is 6.82. The van der Waals surface area contributed by atoms with E-state index >= 15 is 0 Å². The monoisotopic (exact) mass is 348 g/mol. The van der Waals surface area contributed by atoms with Gasteiger partial charge in [-0.15, -0.1) is 12.4 Å². The Balaban J connectivity index is 0.00000208. The number of piperidine rings is 1. The Hall–Kier alpha value is -1.85. The van der Waals surface area contributed by atoms with E-state index in [4.69, 9.17) is 0 Å². The number of hydrogen-bond donors (Lipinski definition) is 2. The average Bonchev–Trinajstić information content (AvgIpc) is 3.11. The van der Waals surface area contributed by atoms with Crippen LogP contribution in [-0.2, 0) is 4.79 Å². The van der Waals surface area contributed by atoms with E-state index in [1.54, 1.807) is 10.9 Å². The zero-order valence-electron chi connectivity index (χ0n) is 13.9. The highest BCUT2D eigenvalue weighted by Gasteiger charge is 2.21. The van der Waals surface area contributed by atoms with Crippen molar-refractivity contribution in [1.29, 1.82) is 0 Å². The molecule has 0 spiro atoms. The molecule has 2 aromatic rings. The lowest BCUT2D eigenvalue weighted by molar-refractivity contribution is -0.117. The minimum Gasteiger partial charge on any atom is -0.326 e. The molecular formula is C18H25ClN4O. The molecule has 1 aromatic heterocycles. The third-order valence-corrected chi connectivity index (χ3v) is 4.62. The van der Waals surface area contributed by atoms with Crippen molar-refractivity contribution < 1.29 is 4.79 Å². The second-order valence-corrected chi connectivity index (χ2v) is 6.31. The first kappa shape index (κ1) is 18.5. The number of aromatic nitrogens is 2. The van der Waals surface area contributed by atoms with Gasteiger partial charge in [-0.25, -0.2) is 4.68 Å². The van der Waals surface area contributed by atoms with E-state index < -0.39 is 0 Å². The Morgan fingerprint density at radius 1 is 1.33 bits per heavy atom. The van der Waals surface area contributed by atoms with Crippen LogP contribution in [0.3, 0.4) is 0 Å². The highest BCUT2D eigenvalue weighted by atomic mass is 35.5. The van der Waals surface area contributed by atoms with Gasteiger partial charge in [-0.2, -0.15) is 5.10 Å². The van der Waals surface area contributed by atoms with Gasteiger partial charge in [-0.3, -0.25) is 4.79 Å². The quantitative estimate of drug-likeness (QED) is 0.872. The molecule has 130 valence electrons. The van der Waals surface area contributed by atoms with Crippen LogP contribution in [0.25, 0.3) is 5.69 Å². The fraction of sp³-hybridized carbons (Fsp3) is 0.444. The summed E-state index contributed by atoms with van der Waals surface area (Å²) in [4.78, 5) is 12.2. The van der Waals surface area contributed by atoms with Gasteiger partial charge in [0.1, 0.15) is 0 Å². The Labute approximate surface area is 149 Å². The molecule has 0 bridgehead atoms. The summed E-state index contributed by atoms with van der Waals surface area (Å²) >= 11 is 0. The van der Waals surface area contributed by atoms with Crippen LogP contribution in [-0.4, -0.2) is 28.8 Å². The van der Waals surface area contributed by atoms with Crippen LogP contribution in [0, 0.1) is 11.8 Å². The van der Waals surface area contributed by atoms with Crippen molar-refractivity contribution in [2.45, 2.75) is 26.2 Å². The van der Waals surface area contributed by atoms with Crippen molar-refractivity contribution in [2.24, 2.45) is 11.8 Å². The number of halogens is 1. The van der Waals surface area contributed by atoms with Gasteiger partial charge in [-0.05, 0) is 68.1 Å². The number of hydrogen-bond acceptors (Lipinski definition) is 3. The molecule has 2 N–H and O–H groups in total. The van der Waals surface area contributed by atoms with Crippen molar-refractivity contribution in [3.8, 4) is 5.69 Å². The topological polar surface area (TPSA) is 59.0 Å². The molecule has 1 aliphatic rings. The molecule has 1 fully saturated rings. The predicted molar refractivity (Wildman–Crippen MR) is 98.8 cm³/mol. The van der Waals surface area contributed by atoms with E-state index in [-0.39, 0.29) is 18.3 Å². The molecule has 5 nitrogen and oxygen atoms in total. The highest BCUT2D eigenvalue weighted by Crippen LogP contribution is 2.24. The SMILES string of the molecule is CC(CC(=O)Nc1ccc(-n2cccn2)cc1)C1CCNCC1.Cl. The Morgan fingerprint density at radius 3 is 2.67 bits per heavy atom. The fourth-order valence-electron chi connectivity index (χ4n) is 3.20. The lowest BCUT2D eigenvalue weighted by Gasteiger charge is -2.27. The average molecular weight is 349 g/mol. The normalized spacial score (nSPS) is 16.2. The van der Waals surface area contributed by atoms with Crippen LogP contribution in [0.5, 0.6) is 0 Å². The lowest BCUT2D eigenvalue weighted by Crippen LogP contribution is -2.32. The largest absolute Gasteiger partial charge is 0.326 e. The van der Waals surface area contributed by atoms with Gasteiger partial charge in [0, 0.05) is 24.5 Å². The number of amides is 1. The van der Waals surface area contributed by atoms with Gasteiger partial charge in [0.05, 0.1) is 5.69 Å². The van der Waals surface area contributed by atoms with Crippen LogP contribution >= 0.6 is 12.4 Å². The number of carbonyl (C=O) groups excluding carboxylic acids is 1. The van der Waals surface area contributed by atoms with Gasteiger partial charge >= 0.3 is 0 Å². The first-order valence-electron chi connectivity index (χ1n) is 8.33. The van der Waals surface area contributed by atoms with Crippen molar-refractivity contribution in [1.82, 2.24) is 15.1 Å². The smallest absolute Gasteiger partial charge is 0.224 e. The van der Waals surface area contributed by atoms with Crippen molar-refractivity contribution in [3.63, 3.8) is 0 Å². The molecule has 1 unspecified atom stereocenters. The molecular weight excluding hydrogens is 324 g/mol. The first-order chi connectivity index (χ1) is 11.2. The number of nitrogens with one attached hydrogen (secondary N) is 2. The van der Waals surface area contributed by atoms with Crippen LogP contribution in [0.4, 0.5) is 5.69 Å². The highest BCUT2D eigenvalue weighted by molar-refractivity contribution is 5.90. The van der Waals surface area contributed by atoms with Gasteiger partial charge in [-0.1, -0.05) is 6.92 Å². The van der Waals surface area contributed by atoms with Gasteiger partial charge in [0.15, 0.2) is 0 Å². The predicted octanol–water partition coefficient (Wildman–Crippen LogP) is 3.26. The summed E-state index contributed by atoms with van der Waals surface area (Å²) in [7, 11) is 0. The number of rotatable bonds is 5. The number of carbonyl (C=O) groups is 1. The van der Waals surface area contributed by atoms with E-state index in [2.05, 4.69) is 22.7 Å². The minimum atomic E-state index is 0. The van der Waals surface area contributed by atoms with E-state index in [1.807, 2.05) is 36.5 Å². The molecule has 1 aliphatic heterocycles. The maximum Gasteiger partial charge on any atom is 0.224 e. The Morgan fingerprint density at radius 2 is 2.04 bits per heavy atom. The van der Waals surface area contributed by atoms with Gasteiger partial charge < -0.3 is 10.6 Å². The van der Waals surface area contributed by atoms with Gasteiger partial charge in [0.2, 0.25) is 5.91 Å². The summed E-state index contributed by atoms with van der Waals surface area (Å²) in [5.41, 5.74) is 1.82. The zero-order chi connectivity index (χ0) is 16.1. The van der Waals surface area contributed by atoms with Crippen LogP contribution < -0.4 is 10.6 Å². The maximum atomic E-state index is 12.2. The summed E-state index contributed by atoms with van der Waals surface area (Å²) < 4.78 is 1.80. The number of anilines is 1. The van der Waals surface area contributed by atoms with Gasteiger partial charge in [0.25, 0.3) is 0 Å². The minimum absolute atomic E-state index is 0. The third kappa shape index (κ3) is 4.82. The maximum absolute atomic E-state index is 12.2. The molecule has 0 aliphatic carbocycles. The lowest BCUT2D eigenvalue weighted by atomic mass is 9.84. The molecule has 3 rings (SSSR count). The molecule has 1 aromatic carbocycles. The molecule has 1 atom stereocenters. The summed E-state index contributed by atoms with van der Waals surface area (Å²) in [5, 5.41) is 10.6. The number of nitrogens with zero attached hydrogens (tertiary/aromatic N) is 2. The van der Waals surface area contributed by atoms with Crippen molar-refractivity contribution in [3.05, 3.63) is 42.7 Å². The standard InChI is InChI=1S/C18H24N4O.ClH/c1-14(15-7-10-19-11-8-15)13-18(23)21-16-3-5-17(6-4-16)22-12-2-9-20-22;/h2-6,9,12,14-15,19H,7-8,10-11,13H2,1H3,(H,21,23);1H. The Bertz CT molecular complexity index is 621. The van der Waals surface area contributed by atoms with E-state index in [1.165, 1.54) is 12.8 Å². The molecule has 2 heterocycles. The van der Waals surface area contributed by atoms with E-state index in [0.717, 1.165) is 24.5 Å². The van der Waals surface area contributed by atoms with E-state index in [0.29, 0.717) is 18.3 Å². The zero-order valence-corrected chi connectivity index (χ0v) is 14.8. The van der Waals surface area contributed by atoms with Crippen LogP contribution in [0.15, 0.2) is 42.7 Å². The van der Waals surface area contributed by atoms with Crippen molar-refractivity contribution in [2.75, 3.05) is 18.4 Å². The summed E-state index contributed by atoms with van der Waals surface area (Å²) in [6.07, 6.45) is 6.58. The summed E-state index contributed by atoms with van der Waals surface area (Å²) in [5.74, 6) is 1.19. The third-order valence-electron chi connectivity index (χ3n) is 4.62. The fourth-order valence-corrected chi connectivity index (χ4v) is 3.20. The molecule has 6 heteroatoms. The second-order valence-electron chi connectivity index (χ2n) is 6.31. The van der Waals surface area contributed by atoms with Crippen LogP contribution in [0.2, 0.25) is 0 Å². The molecule has 1 saturated heterocycles. The first-order valence-corrected chi connectivity index (χ1v) is 8.33. The molecule has 1 amide bonds. The van der Waals surface area contributed by atoms with Crippen LogP contribution in [0.1, 0.15) is 26.2 Å².